The Labute approximate surface area is 137 Å². The second-order valence-corrected chi connectivity index (χ2v) is 4.47. The van der Waals surface area contributed by atoms with E-state index >= 15 is 0 Å². The number of likely N-dealkylation sites (N-methyl/N-ethyl adjacent to an activating group) is 1. The standard InChI is InChI=1S/C15H29NO4.C2H6/c1-15(2)5-4-7-17-9-11-19-13-14-20-12-10-18-8-6-16-3;1-2/h15-16H,6-14H2,1-3H3;1-2H3. The molecule has 1 N–H and O–H groups in total. The van der Waals surface area contributed by atoms with Crippen molar-refractivity contribution in [1.29, 1.82) is 0 Å². The summed E-state index contributed by atoms with van der Waals surface area (Å²) in [7, 11) is 1.90. The predicted molar refractivity (Wildman–Crippen MR) is 91.2 cm³/mol. The van der Waals surface area contributed by atoms with Gasteiger partial charge in [0.25, 0.3) is 0 Å². The first-order valence-corrected chi connectivity index (χ1v) is 8.21. The van der Waals surface area contributed by atoms with Crippen LogP contribution in [0.2, 0.25) is 0 Å². The lowest BCUT2D eigenvalue weighted by atomic mass is 10.2. The summed E-state index contributed by atoms with van der Waals surface area (Å²) in [6.07, 6.45) is 0. The molecule has 0 aromatic heterocycles. The molecule has 0 saturated carbocycles. The van der Waals surface area contributed by atoms with Crippen molar-refractivity contribution in [2.45, 2.75) is 27.7 Å². The number of ether oxygens (including phenoxy) is 4. The first kappa shape index (κ1) is 23.6. The molecule has 0 unspecified atom stereocenters. The number of hydrogen-bond donors (Lipinski definition) is 1. The van der Waals surface area contributed by atoms with Crippen molar-refractivity contribution in [3.05, 3.63) is 0 Å². The molecule has 5 nitrogen and oxygen atoms in total. The van der Waals surface area contributed by atoms with Gasteiger partial charge in [-0.3, -0.25) is 0 Å². The van der Waals surface area contributed by atoms with Gasteiger partial charge < -0.3 is 24.3 Å². The molecule has 0 aliphatic heterocycles. The zero-order valence-corrected chi connectivity index (χ0v) is 15.1. The minimum atomic E-state index is 0.397. The Kier molecular flexibility index (Phi) is 24.3. The van der Waals surface area contributed by atoms with E-state index in [1.807, 2.05) is 20.9 Å². The SMILES string of the molecule is CC.CNCCOCCOCCOCCOCC#CC(C)C. The van der Waals surface area contributed by atoms with Crippen LogP contribution >= 0.6 is 0 Å². The summed E-state index contributed by atoms with van der Waals surface area (Å²) < 4.78 is 21.3. The van der Waals surface area contributed by atoms with Crippen LogP contribution in [-0.4, -0.2) is 66.4 Å². The molecule has 0 spiro atoms. The van der Waals surface area contributed by atoms with Gasteiger partial charge in [0, 0.05) is 12.5 Å². The lowest BCUT2D eigenvalue weighted by Crippen LogP contribution is -2.17. The fourth-order valence-electron chi connectivity index (χ4n) is 1.20. The Morgan fingerprint density at radius 1 is 0.773 bits per heavy atom. The highest BCUT2D eigenvalue weighted by Gasteiger charge is 1.92. The van der Waals surface area contributed by atoms with E-state index in [-0.39, 0.29) is 0 Å². The zero-order chi connectivity index (χ0) is 16.9. The number of rotatable bonds is 13. The summed E-state index contributed by atoms with van der Waals surface area (Å²) in [5.41, 5.74) is 0. The van der Waals surface area contributed by atoms with Gasteiger partial charge in [0.2, 0.25) is 0 Å². The van der Waals surface area contributed by atoms with Crippen LogP contribution in [0.1, 0.15) is 27.7 Å². The molecule has 0 aliphatic carbocycles. The van der Waals surface area contributed by atoms with Gasteiger partial charge in [-0.25, -0.2) is 0 Å². The molecule has 0 bridgehead atoms. The predicted octanol–water partition coefficient (Wildman–Crippen LogP) is 1.96. The smallest absolute Gasteiger partial charge is 0.107 e. The third kappa shape index (κ3) is 24.4. The Bertz CT molecular complexity index is 249. The van der Waals surface area contributed by atoms with Crippen molar-refractivity contribution in [2.75, 3.05) is 66.4 Å². The Hall–Kier alpha value is -0.640. The van der Waals surface area contributed by atoms with E-state index in [9.17, 15) is 0 Å². The lowest BCUT2D eigenvalue weighted by Gasteiger charge is -2.06. The molecular formula is C17H35NO4. The van der Waals surface area contributed by atoms with Gasteiger partial charge in [0.15, 0.2) is 0 Å². The topological polar surface area (TPSA) is 49.0 Å². The summed E-state index contributed by atoms with van der Waals surface area (Å²) in [6.45, 7) is 13.7. The van der Waals surface area contributed by atoms with E-state index in [4.69, 9.17) is 18.9 Å². The van der Waals surface area contributed by atoms with Crippen molar-refractivity contribution >= 4 is 0 Å². The highest BCUT2D eigenvalue weighted by molar-refractivity contribution is 5.01. The minimum Gasteiger partial charge on any atom is -0.378 e. The second kappa shape index (κ2) is 22.6. The molecule has 0 amide bonds. The van der Waals surface area contributed by atoms with Gasteiger partial charge in [0.05, 0.1) is 46.2 Å². The first-order valence-electron chi connectivity index (χ1n) is 8.21. The normalized spacial score (nSPS) is 9.91. The van der Waals surface area contributed by atoms with E-state index in [2.05, 4.69) is 31.0 Å². The molecule has 22 heavy (non-hydrogen) atoms. The molecule has 0 saturated heterocycles. The number of hydrogen-bond acceptors (Lipinski definition) is 5. The van der Waals surface area contributed by atoms with Gasteiger partial charge in [-0.15, -0.1) is 0 Å². The van der Waals surface area contributed by atoms with Crippen molar-refractivity contribution in [1.82, 2.24) is 5.32 Å². The van der Waals surface area contributed by atoms with Crippen LogP contribution in [0, 0.1) is 17.8 Å². The Balaban J connectivity index is 0. The van der Waals surface area contributed by atoms with Crippen molar-refractivity contribution in [3.63, 3.8) is 0 Å². The molecule has 0 fully saturated rings. The van der Waals surface area contributed by atoms with E-state index in [0.717, 1.165) is 6.54 Å². The molecule has 0 aromatic carbocycles. The largest absolute Gasteiger partial charge is 0.378 e. The maximum atomic E-state index is 5.36. The molecule has 0 radical (unpaired) electrons. The van der Waals surface area contributed by atoms with Crippen LogP contribution < -0.4 is 5.32 Å². The molecule has 0 aromatic rings. The molecule has 132 valence electrons. The van der Waals surface area contributed by atoms with E-state index < -0.39 is 0 Å². The van der Waals surface area contributed by atoms with Gasteiger partial charge in [-0.2, -0.15) is 0 Å². The van der Waals surface area contributed by atoms with E-state index in [0.29, 0.717) is 58.8 Å². The summed E-state index contributed by atoms with van der Waals surface area (Å²) in [5.74, 6) is 6.39. The maximum absolute atomic E-state index is 5.36. The summed E-state index contributed by atoms with van der Waals surface area (Å²) in [6, 6.07) is 0. The van der Waals surface area contributed by atoms with Crippen LogP contribution in [-0.2, 0) is 18.9 Å². The van der Waals surface area contributed by atoms with Gasteiger partial charge in [0.1, 0.15) is 6.61 Å². The number of nitrogens with one attached hydrogen (secondary N) is 1. The maximum Gasteiger partial charge on any atom is 0.107 e. The summed E-state index contributed by atoms with van der Waals surface area (Å²) in [4.78, 5) is 0. The monoisotopic (exact) mass is 317 g/mol. The third-order valence-electron chi connectivity index (χ3n) is 2.18. The average Bonchev–Trinajstić information content (AvgIpc) is 2.53. The van der Waals surface area contributed by atoms with Crippen molar-refractivity contribution in [3.8, 4) is 11.8 Å². The van der Waals surface area contributed by atoms with Crippen molar-refractivity contribution in [2.24, 2.45) is 5.92 Å². The van der Waals surface area contributed by atoms with Gasteiger partial charge >= 0.3 is 0 Å². The van der Waals surface area contributed by atoms with Crippen LogP contribution in [0.4, 0.5) is 0 Å². The highest BCUT2D eigenvalue weighted by atomic mass is 16.6. The van der Waals surface area contributed by atoms with Gasteiger partial charge in [-0.05, 0) is 7.05 Å². The Morgan fingerprint density at radius 2 is 1.23 bits per heavy atom. The molecule has 0 aliphatic rings. The Morgan fingerprint density at radius 3 is 1.68 bits per heavy atom. The summed E-state index contributed by atoms with van der Waals surface area (Å²) in [5, 5.41) is 3.01. The average molecular weight is 317 g/mol. The van der Waals surface area contributed by atoms with Gasteiger partial charge in [-0.1, -0.05) is 39.5 Å². The molecule has 5 heteroatoms. The zero-order valence-electron chi connectivity index (χ0n) is 15.1. The molecule has 0 atom stereocenters. The van der Waals surface area contributed by atoms with Crippen LogP contribution in [0.3, 0.4) is 0 Å². The minimum absolute atomic E-state index is 0.397. The third-order valence-corrected chi connectivity index (χ3v) is 2.18. The van der Waals surface area contributed by atoms with E-state index in [1.165, 1.54) is 0 Å². The van der Waals surface area contributed by atoms with E-state index in [1.54, 1.807) is 0 Å². The second-order valence-electron chi connectivity index (χ2n) is 4.47. The quantitative estimate of drug-likeness (QED) is 0.416. The fraction of sp³-hybridized carbons (Fsp3) is 0.882. The van der Waals surface area contributed by atoms with Crippen LogP contribution in [0.15, 0.2) is 0 Å². The fourth-order valence-corrected chi connectivity index (χ4v) is 1.20. The highest BCUT2D eigenvalue weighted by Crippen LogP contribution is 1.86. The first-order chi connectivity index (χ1) is 10.8. The lowest BCUT2D eigenvalue weighted by molar-refractivity contribution is 0.00181. The van der Waals surface area contributed by atoms with Crippen molar-refractivity contribution < 1.29 is 18.9 Å². The molecule has 0 heterocycles. The molecular weight excluding hydrogens is 282 g/mol. The molecule has 0 rings (SSSR count). The summed E-state index contributed by atoms with van der Waals surface area (Å²) >= 11 is 0. The van der Waals surface area contributed by atoms with Crippen LogP contribution in [0.5, 0.6) is 0 Å². The van der Waals surface area contributed by atoms with Crippen LogP contribution in [0.25, 0.3) is 0 Å².